The molecule has 0 atom stereocenters. The maximum atomic E-state index is 5.19. The first-order chi connectivity index (χ1) is 18.1. The van der Waals surface area contributed by atoms with Crippen LogP contribution in [0.2, 0.25) is 0 Å². The molecule has 0 radical (unpaired) electrons. The summed E-state index contributed by atoms with van der Waals surface area (Å²) < 4.78 is 10.4. The molecule has 0 spiro atoms. The Balaban J connectivity index is 1.28. The van der Waals surface area contributed by atoms with Crippen LogP contribution in [0.4, 0.5) is 0 Å². The lowest BCUT2D eigenvalue weighted by Crippen LogP contribution is -2.15. The summed E-state index contributed by atoms with van der Waals surface area (Å²) in [5.41, 5.74) is 13.7. The molecule has 7 rings (SSSR count). The molecular formula is C33H24N2O2. The van der Waals surface area contributed by atoms with E-state index in [1.807, 2.05) is 0 Å². The fraction of sp³-hybridized carbons (Fsp3) is 0.0909. The summed E-state index contributed by atoms with van der Waals surface area (Å²) in [6, 6.07) is 30.6. The lowest BCUT2D eigenvalue weighted by molar-refractivity contribution is 0.558. The second kappa shape index (κ2) is 8.17. The Morgan fingerprint density at radius 2 is 0.946 bits per heavy atom. The molecule has 2 heterocycles. The minimum absolute atomic E-state index is 0.121. The van der Waals surface area contributed by atoms with Gasteiger partial charge in [0.05, 0.1) is 0 Å². The minimum Gasteiger partial charge on any atom is -0.451 e. The maximum Gasteiger partial charge on any atom is 0.181 e. The Hall–Kier alpha value is -4.70. The Morgan fingerprint density at radius 3 is 1.38 bits per heavy atom. The van der Waals surface area contributed by atoms with Crippen molar-refractivity contribution in [2.75, 3.05) is 0 Å². The molecule has 4 nitrogen and oxygen atoms in total. The van der Waals surface area contributed by atoms with E-state index >= 15 is 0 Å². The maximum absolute atomic E-state index is 5.19. The molecule has 1 aliphatic rings. The average molecular weight is 481 g/mol. The molecule has 4 heteroatoms. The molecule has 37 heavy (non-hydrogen) atoms. The number of aromatic nitrogens is 2. The van der Waals surface area contributed by atoms with Gasteiger partial charge in [-0.05, 0) is 68.8 Å². The SMILES string of the molecule is CC1(C)c2cc(-c3cccc(-c4cocn4)c3)ccc2-c2ccc(-c3cccc(-c4cocn4)c3)cc21. The van der Waals surface area contributed by atoms with Gasteiger partial charge in [-0.3, -0.25) is 0 Å². The van der Waals surface area contributed by atoms with E-state index in [4.69, 9.17) is 8.83 Å². The minimum atomic E-state index is -0.121. The quantitative estimate of drug-likeness (QED) is 0.253. The van der Waals surface area contributed by atoms with E-state index in [9.17, 15) is 0 Å². The van der Waals surface area contributed by atoms with Crippen molar-refractivity contribution in [2.45, 2.75) is 19.3 Å². The first-order valence-corrected chi connectivity index (χ1v) is 12.4. The molecule has 0 N–H and O–H groups in total. The van der Waals surface area contributed by atoms with Crippen LogP contribution in [0, 0.1) is 0 Å². The lowest BCUT2D eigenvalue weighted by atomic mass is 9.80. The van der Waals surface area contributed by atoms with Crippen LogP contribution in [-0.4, -0.2) is 9.97 Å². The number of oxazole rings is 2. The van der Waals surface area contributed by atoms with Gasteiger partial charge in [-0.15, -0.1) is 0 Å². The monoisotopic (exact) mass is 480 g/mol. The molecular weight excluding hydrogens is 456 g/mol. The van der Waals surface area contributed by atoms with E-state index in [0.29, 0.717) is 0 Å². The zero-order valence-electron chi connectivity index (χ0n) is 20.6. The molecule has 1 aliphatic carbocycles. The molecule has 0 saturated heterocycles. The predicted molar refractivity (Wildman–Crippen MR) is 146 cm³/mol. The van der Waals surface area contributed by atoms with E-state index in [-0.39, 0.29) is 5.41 Å². The smallest absolute Gasteiger partial charge is 0.181 e. The molecule has 0 amide bonds. The van der Waals surface area contributed by atoms with Crippen LogP contribution >= 0.6 is 0 Å². The van der Waals surface area contributed by atoms with Crippen LogP contribution in [0.1, 0.15) is 25.0 Å². The topological polar surface area (TPSA) is 52.1 Å². The van der Waals surface area contributed by atoms with Gasteiger partial charge in [0, 0.05) is 16.5 Å². The summed E-state index contributed by atoms with van der Waals surface area (Å²) in [6.07, 6.45) is 6.30. The largest absolute Gasteiger partial charge is 0.451 e. The fourth-order valence-electron chi connectivity index (χ4n) is 5.52. The highest BCUT2D eigenvalue weighted by molar-refractivity contribution is 5.86. The lowest BCUT2D eigenvalue weighted by Gasteiger charge is -2.22. The summed E-state index contributed by atoms with van der Waals surface area (Å²) in [5.74, 6) is 0. The Morgan fingerprint density at radius 1 is 0.514 bits per heavy atom. The molecule has 178 valence electrons. The van der Waals surface area contributed by atoms with Crippen molar-refractivity contribution >= 4 is 0 Å². The van der Waals surface area contributed by atoms with Crippen LogP contribution in [0.25, 0.3) is 55.9 Å². The third kappa shape index (κ3) is 3.53. The van der Waals surface area contributed by atoms with E-state index in [1.54, 1.807) is 12.5 Å². The van der Waals surface area contributed by atoms with Gasteiger partial charge in [0.1, 0.15) is 23.9 Å². The van der Waals surface area contributed by atoms with E-state index in [1.165, 1.54) is 57.3 Å². The van der Waals surface area contributed by atoms with Gasteiger partial charge in [0.25, 0.3) is 0 Å². The van der Waals surface area contributed by atoms with E-state index in [0.717, 1.165) is 22.5 Å². The van der Waals surface area contributed by atoms with Crippen molar-refractivity contribution in [3.05, 3.63) is 121 Å². The van der Waals surface area contributed by atoms with Crippen molar-refractivity contribution in [3.8, 4) is 55.9 Å². The first kappa shape index (κ1) is 21.6. The van der Waals surface area contributed by atoms with Gasteiger partial charge < -0.3 is 8.83 Å². The predicted octanol–water partition coefficient (Wildman–Crippen LogP) is 8.64. The van der Waals surface area contributed by atoms with Gasteiger partial charge in [-0.2, -0.15) is 0 Å². The second-order valence-corrected chi connectivity index (χ2v) is 10.1. The van der Waals surface area contributed by atoms with Crippen LogP contribution in [-0.2, 0) is 5.41 Å². The molecule has 0 fully saturated rings. The summed E-state index contributed by atoms with van der Waals surface area (Å²) in [4.78, 5) is 8.62. The number of nitrogens with zero attached hydrogens (tertiary/aromatic N) is 2. The molecule has 0 unspecified atom stereocenters. The standard InChI is InChI=1S/C33H24N2O2/c1-33(2)29-15-23(21-5-3-7-25(13-21)31-17-36-19-34-31)9-11-27(29)28-12-10-24(16-30(28)33)22-6-4-8-26(14-22)32-18-37-20-35-32/h3-20H,1-2H3. The molecule has 4 aromatic carbocycles. The van der Waals surface area contributed by atoms with Crippen LogP contribution < -0.4 is 0 Å². The average Bonchev–Trinajstić information content (AvgIpc) is 3.71. The molecule has 0 saturated carbocycles. The van der Waals surface area contributed by atoms with Gasteiger partial charge in [0.15, 0.2) is 12.8 Å². The van der Waals surface area contributed by atoms with Crippen molar-refractivity contribution in [3.63, 3.8) is 0 Å². The zero-order valence-corrected chi connectivity index (χ0v) is 20.6. The van der Waals surface area contributed by atoms with E-state index < -0.39 is 0 Å². The molecule has 0 aliphatic heterocycles. The van der Waals surface area contributed by atoms with Crippen molar-refractivity contribution in [2.24, 2.45) is 0 Å². The normalized spacial score (nSPS) is 13.4. The number of hydrogen-bond donors (Lipinski definition) is 0. The molecule has 0 bridgehead atoms. The summed E-state index contributed by atoms with van der Waals surface area (Å²) in [5, 5.41) is 0. The Kier molecular flexibility index (Phi) is 4.76. The Bertz CT molecular complexity index is 1620. The van der Waals surface area contributed by atoms with E-state index in [2.05, 4.69) is 109 Å². The highest BCUT2D eigenvalue weighted by Crippen LogP contribution is 2.50. The number of fused-ring (bicyclic) bond motifs is 3. The number of benzene rings is 4. The summed E-state index contributed by atoms with van der Waals surface area (Å²) >= 11 is 0. The highest BCUT2D eigenvalue weighted by Gasteiger charge is 2.35. The van der Waals surface area contributed by atoms with Gasteiger partial charge in [-0.25, -0.2) is 9.97 Å². The third-order valence-corrected chi connectivity index (χ3v) is 7.52. The van der Waals surface area contributed by atoms with Crippen molar-refractivity contribution < 1.29 is 8.83 Å². The van der Waals surface area contributed by atoms with Crippen LogP contribution in [0.15, 0.2) is 119 Å². The zero-order chi connectivity index (χ0) is 25.0. The fourth-order valence-corrected chi connectivity index (χ4v) is 5.52. The highest BCUT2D eigenvalue weighted by atomic mass is 16.3. The van der Waals surface area contributed by atoms with Crippen molar-refractivity contribution in [1.82, 2.24) is 9.97 Å². The Labute approximate surface area is 215 Å². The van der Waals surface area contributed by atoms with Gasteiger partial charge in [-0.1, -0.05) is 74.5 Å². The van der Waals surface area contributed by atoms with Crippen molar-refractivity contribution in [1.29, 1.82) is 0 Å². The summed E-state index contributed by atoms with van der Waals surface area (Å²) in [7, 11) is 0. The number of rotatable bonds is 4. The molecule has 6 aromatic rings. The van der Waals surface area contributed by atoms with Crippen LogP contribution in [0.3, 0.4) is 0 Å². The van der Waals surface area contributed by atoms with Gasteiger partial charge in [0.2, 0.25) is 0 Å². The summed E-state index contributed by atoms with van der Waals surface area (Å²) in [6.45, 7) is 4.64. The number of hydrogen-bond acceptors (Lipinski definition) is 4. The second-order valence-electron chi connectivity index (χ2n) is 10.1. The first-order valence-electron chi connectivity index (χ1n) is 12.4. The van der Waals surface area contributed by atoms with Gasteiger partial charge >= 0.3 is 0 Å². The van der Waals surface area contributed by atoms with Crippen LogP contribution in [0.5, 0.6) is 0 Å². The molecule has 2 aromatic heterocycles. The third-order valence-electron chi connectivity index (χ3n) is 7.52.